The molecule has 0 aromatic heterocycles. The number of nitrogens with two attached hydrogens (primary N) is 1. The minimum Gasteiger partial charge on any atom is -0.396 e. The third-order valence-electron chi connectivity index (χ3n) is 2.91. The fourth-order valence-electron chi connectivity index (χ4n) is 2.11. The van der Waals surface area contributed by atoms with Crippen LogP contribution in [0.5, 0.6) is 0 Å². The number of carbonyl (C=O) groups is 1. The monoisotopic (exact) mass is 214 g/mol. The van der Waals surface area contributed by atoms with E-state index < -0.39 is 0 Å². The Bertz CT molecular complexity index is 205. The van der Waals surface area contributed by atoms with E-state index >= 15 is 0 Å². The Hall–Kier alpha value is -0.610. The zero-order chi connectivity index (χ0) is 11.3. The predicted molar refractivity (Wildman–Crippen MR) is 59.3 cm³/mol. The smallest absolute Gasteiger partial charge is 0.224 e. The van der Waals surface area contributed by atoms with E-state index in [9.17, 15) is 4.79 Å². The molecule has 1 amide bonds. The summed E-state index contributed by atoms with van der Waals surface area (Å²) in [5, 5.41) is 8.87. The number of rotatable bonds is 4. The maximum absolute atomic E-state index is 11.7. The van der Waals surface area contributed by atoms with Gasteiger partial charge in [-0.25, -0.2) is 0 Å². The van der Waals surface area contributed by atoms with Crippen molar-refractivity contribution < 1.29 is 9.90 Å². The van der Waals surface area contributed by atoms with Crippen LogP contribution in [0.2, 0.25) is 0 Å². The number of carbonyl (C=O) groups excluding carboxylic acids is 1. The van der Waals surface area contributed by atoms with Crippen LogP contribution in [0.25, 0.3) is 0 Å². The quantitative estimate of drug-likeness (QED) is 0.709. The summed E-state index contributed by atoms with van der Waals surface area (Å²) in [5.41, 5.74) is 5.61. The van der Waals surface area contributed by atoms with Crippen LogP contribution >= 0.6 is 0 Å². The Morgan fingerprint density at radius 2 is 2.40 bits per heavy atom. The fraction of sp³-hybridized carbons (Fsp3) is 0.909. The second-order valence-electron chi connectivity index (χ2n) is 4.54. The summed E-state index contributed by atoms with van der Waals surface area (Å²) in [6, 6.07) is -0.0595. The molecule has 1 heterocycles. The lowest BCUT2D eigenvalue weighted by molar-refractivity contribution is -0.133. The first-order valence-corrected chi connectivity index (χ1v) is 5.77. The van der Waals surface area contributed by atoms with Crippen LogP contribution in [0.15, 0.2) is 0 Å². The SMILES string of the molecule is CC(N)CC(=O)N1CCCC(CCO)C1. The lowest BCUT2D eigenvalue weighted by atomic mass is 9.95. The van der Waals surface area contributed by atoms with Gasteiger partial charge in [0.2, 0.25) is 5.91 Å². The van der Waals surface area contributed by atoms with E-state index in [1.165, 1.54) is 0 Å². The van der Waals surface area contributed by atoms with Gasteiger partial charge in [-0.1, -0.05) is 0 Å². The van der Waals surface area contributed by atoms with Crippen LogP contribution in [0.1, 0.15) is 32.6 Å². The first-order valence-electron chi connectivity index (χ1n) is 5.77. The number of likely N-dealkylation sites (tertiary alicyclic amines) is 1. The molecule has 4 heteroatoms. The van der Waals surface area contributed by atoms with E-state index in [2.05, 4.69) is 0 Å². The van der Waals surface area contributed by atoms with Gasteiger partial charge in [0.25, 0.3) is 0 Å². The molecule has 88 valence electrons. The third-order valence-corrected chi connectivity index (χ3v) is 2.91. The van der Waals surface area contributed by atoms with Gasteiger partial charge in [-0.2, -0.15) is 0 Å². The summed E-state index contributed by atoms with van der Waals surface area (Å²) in [5.74, 6) is 0.633. The molecule has 0 saturated carbocycles. The van der Waals surface area contributed by atoms with Crippen molar-refractivity contribution in [3.63, 3.8) is 0 Å². The number of piperidine rings is 1. The van der Waals surface area contributed by atoms with Crippen molar-refractivity contribution in [1.29, 1.82) is 0 Å². The van der Waals surface area contributed by atoms with Crippen LogP contribution in [0.4, 0.5) is 0 Å². The molecule has 0 aromatic rings. The topological polar surface area (TPSA) is 66.6 Å². The van der Waals surface area contributed by atoms with Crippen LogP contribution in [-0.2, 0) is 4.79 Å². The third kappa shape index (κ3) is 4.18. The minimum absolute atomic E-state index is 0.0595. The zero-order valence-corrected chi connectivity index (χ0v) is 9.48. The normalized spacial score (nSPS) is 23.9. The summed E-state index contributed by atoms with van der Waals surface area (Å²) >= 11 is 0. The fourth-order valence-corrected chi connectivity index (χ4v) is 2.11. The van der Waals surface area contributed by atoms with Gasteiger partial charge >= 0.3 is 0 Å². The van der Waals surface area contributed by atoms with Crippen molar-refractivity contribution in [2.45, 2.75) is 38.6 Å². The maximum Gasteiger partial charge on any atom is 0.224 e. The van der Waals surface area contributed by atoms with Gasteiger partial charge < -0.3 is 15.7 Å². The molecular formula is C11H22N2O2. The van der Waals surface area contributed by atoms with Crippen molar-refractivity contribution in [2.24, 2.45) is 11.7 Å². The minimum atomic E-state index is -0.0595. The lowest BCUT2D eigenvalue weighted by Gasteiger charge is -2.33. The molecule has 15 heavy (non-hydrogen) atoms. The Labute approximate surface area is 91.4 Å². The molecule has 4 nitrogen and oxygen atoms in total. The molecule has 0 aromatic carbocycles. The number of amides is 1. The number of aliphatic hydroxyl groups is 1. The summed E-state index contributed by atoms with van der Waals surface area (Å²) in [4.78, 5) is 13.6. The summed E-state index contributed by atoms with van der Waals surface area (Å²) < 4.78 is 0. The highest BCUT2D eigenvalue weighted by atomic mass is 16.3. The van der Waals surface area contributed by atoms with Gasteiger partial charge in [0.05, 0.1) is 0 Å². The molecule has 2 unspecified atom stereocenters. The largest absolute Gasteiger partial charge is 0.396 e. The van der Waals surface area contributed by atoms with E-state index in [4.69, 9.17) is 10.8 Å². The highest BCUT2D eigenvalue weighted by molar-refractivity contribution is 5.76. The van der Waals surface area contributed by atoms with E-state index in [0.29, 0.717) is 12.3 Å². The molecule has 2 atom stereocenters. The second-order valence-corrected chi connectivity index (χ2v) is 4.54. The van der Waals surface area contributed by atoms with Crippen molar-refractivity contribution in [2.75, 3.05) is 19.7 Å². The molecule has 3 N–H and O–H groups in total. The molecule has 1 saturated heterocycles. The molecule has 0 bridgehead atoms. The highest BCUT2D eigenvalue weighted by Crippen LogP contribution is 2.19. The zero-order valence-electron chi connectivity index (χ0n) is 9.48. The van der Waals surface area contributed by atoms with Gasteiger partial charge in [-0.15, -0.1) is 0 Å². The molecule has 0 radical (unpaired) electrons. The van der Waals surface area contributed by atoms with Crippen molar-refractivity contribution in [3.05, 3.63) is 0 Å². The Balaban J connectivity index is 2.38. The van der Waals surface area contributed by atoms with Crippen molar-refractivity contribution in [3.8, 4) is 0 Å². The molecule has 0 aliphatic carbocycles. The number of aliphatic hydroxyl groups excluding tert-OH is 1. The average molecular weight is 214 g/mol. The highest BCUT2D eigenvalue weighted by Gasteiger charge is 2.23. The Morgan fingerprint density at radius 3 is 3.00 bits per heavy atom. The maximum atomic E-state index is 11.7. The van der Waals surface area contributed by atoms with Crippen LogP contribution in [0.3, 0.4) is 0 Å². The number of nitrogens with zero attached hydrogens (tertiary/aromatic N) is 1. The predicted octanol–water partition coefficient (Wildman–Crippen LogP) is 0.345. The molecule has 1 rings (SSSR count). The summed E-state index contributed by atoms with van der Waals surface area (Å²) in [6.07, 6.45) is 3.42. The van der Waals surface area contributed by atoms with Crippen LogP contribution in [-0.4, -0.2) is 41.7 Å². The van der Waals surface area contributed by atoms with Crippen molar-refractivity contribution in [1.82, 2.24) is 4.90 Å². The van der Waals surface area contributed by atoms with Gasteiger partial charge in [0, 0.05) is 32.2 Å². The summed E-state index contributed by atoms with van der Waals surface area (Å²) in [7, 11) is 0. The van der Waals surface area contributed by atoms with E-state index in [1.54, 1.807) is 0 Å². The number of hydrogen-bond donors (Lipinski definition) is 2. The molecule has 1 aliphatic rings. The molecular weight excluding hydrogens is 192 g/mol. The van der Waals surface area contributed by atoms with Gasteiger partial charge in [0.15, 0.2) is 0 Å². The standard InChI is InChI=1S/C11H22N2O2/c1-9(12)7-11(15)13-5-2-3-10(8-13)4-6-14/h9-10,14H,2-8,12H2,1H3. The van der Waals surface area contributed by atoms with Gasteiger partial charge in [0.1, 0.15) is 0 Å². The Morgan fingerprint density at radius 1 is 1.67 bits per heavy atom. The van der Waals surface area contributed by atoms with E-state index in [1.807, 2.05) is 11.8 Å². The van der Waals surface area contributed by atoms with E-state index in [-0.39, 0.29) is 18.6 Å². The van der Waals surface area contributed by atoms with E-state index in [0.717, 1.165) is 32.4 Å². The molecule has 1 fully saturated rings. The first-order chi connectivity index (χ1) is 7.13. The van der Waals surface area contributed by atoms with Gasteiger partial charge in [-0.05, 0) is 32.1 Å². The van der Waals surface area contributed by atoms with Crippen LogP contribution in [0, 0.1) is 5.92 Å². The molecule has 1 aliphatic heterocycles. The van der Waals surface area contributed by atoms with Crippen molar-refractivity contribution >= 4 is 5.91 Å². The van der Waals surface area contributed by atoms with Gasteiger partial charge in [-0.3, -0.25) is 4.79 Å². The average Bonchev–Trinajstić information content (AvgIpc) is 2.17. The number of hydrogen-bond acceptors (Lipinski definition) is 3. The van der Waals surface area contributed by atoms with Crippen LogP contribution < -0.4 is 5.73 Å². The molecule has 0 spiro atoms. The first kappa shape index (κ1) is 12.5. The Kier molecular flexibility index (Phi) is 5.05. The second kappa shape index (κ2) is 6.08. The lowest BCUT2D eigenvalue weighted by Crippen LogP contribution is -2.42. The summed E-state index contributed by atoms with van der Waals surface area (Å²) in [6.45, 7) is 3.73.